The highest BCUT2D eigenvalue weighted by Crippen LogP contribution is 2.11. The van der Waals surface area contributed by atoms with Crippen LogP contribution in [0.2, 0.25) is 0 Å². The Labute approximate surface area is 54.8 Å². The van der Waals surface area contributed by atoms with Gasteiger partial charge in [-0.05, 0) is 11.4 Å². The molecule has 0 fully saturated rings. The first kappa shape index (κ1) is 5.98. The van der Waals surface area contributed by atoms with Gasteiger partial charge in [0.05, 0.1) is 15.0 Å². The maximum Gasteiger partial charge on any atom is 0.0907 e. The Balaban J connectivity index is 2.93. The van der Waals surface area contributed by atoms with E-state index in [1.807, 2.05) is 17.5 Å². The quantitative estimate of drug-likeness (QED) is 0.586. The van der Waals surface area contributed by atoms with Gasteiger partial charge in [-0.1, -0.05) is 6.07 Å². The van der Waals surface area contributed by atoms with Gasteiger partial charge in [0, 0.05) is 6.26 Å². The highest BCUT2D eigenvalue weighted by Gasteiger charge is 1.93. The van der Waals surface area contributed by atoms with Crippen molar-refractivity contribution in [3.63, 3.8) is 0 Å². The Kier molecular flexibility index (Phi) is 1.81. The number of hydrogen-bond acceptors (Lipinski definition) is 2. The molecule has 0 bridgehead atoms. The third-order valence-corrected chi connectivity index (χ3v) is 3.14. The lowest BCUT2D eigenvalue weighted by molar-refractivity contribution is 0.688. The molecule has 0 aliphatic rings. The van der Waals surface area contributed by atoms with Gasteiger partial charge >= 0.3 is 0 Å². The van der Waals surface area contributed by atoms with E-state index in [0.29, 0.717) is 0 Å². The fraction of sp³-hybridized carbons (Fsp3) is 0.200. The van der Waals surface area contributed by atoms with Gasteiger partial charge in [0.1, 0.15) is 0 Å². The van der Waals surface area contributed by atoms with E-state index in [0.717, 1.165) is 4.21 Å². The highest BCUT2D eigenvalue weighted by molar-refractivity contribution is 7.86. The molecule has 0 aliphatic carbocycles. The third-order valence-electron chi connectivity index (χ3n) is 0.778. The van der Waals surface area contributed by atoms with Crippen molar-refractivity contribution in [1.29, 1.82) is 0 Å². The van der Waals surface area contributed by atoms with E-state index in [9.17, 15) is 4.21 Å². The molecule has 0 spiro atoms. The average Bonchev–Trinajstić information content (AvgIpc) is 2.12. The molecular weight excluding hydrogens is 140 g/mol. The standard InChI is InChI=1S/C5H6OS2/c1-8(6)5-3-2-4-7-5/h2-4H,1H3/t8-/m1/s1. The summed E-state index contributed by atoms with van der Waals surface area (Å²) in [6.45, 7) is 0. The van der Waals surface area contributed by atoms with Crippen LogP contribution in [0.5, 0.6) is 0 Å². The van der Waals surface area contributed by atoms with E-state index in [1.165, 1.54) is 11.3 Å². The fourth-order valence-electron chi connectivity index (χ4n) is 0.427. The maximum atomic E-state index is 10.6. The van der Waals surface area contributed by atoms with Crippen LogP contribution in [0.3, 0.4) is 0 Å². The molecular formula is C5H6OS2. The molecule has 1 atom stereocenters. The lowest BCUT2D eigenvalue weighted by atomic mass is 10.7. The van der Waals surface area contributed by atoms with E-state index >= 15 is 0 Å². The molecule has 8 heavy (non-hydrogen) atoms. The molecule has 44 valence electrons. The first-order valence-electron chi connectivity index (χ1n) is 2.17. The SMILES string of the molecule is C[S@@](=O)c1cccs1. The van der Waals surface area contributed by atoms with E-state index in [4.69, 9.17) is 0 Å². The van der Waals surface area contributed by atoms with Gasteiger partial charge in [0.2, 0.25) is 0 Å². The van der Waals surface area contributed by atoms with Crippen molar-refractivity contribution in [3.8, 4) is 0 Å². The average molecular weight is 146 g/mol. The Morgan fingerprint density at radius 2 is 2.50 bits per heavy atom. The third kappa shape index (κ3) is 1.17. The van der Waals surface area contributed by atoms with Crippen molar-refractivity contribution in [2.24, 2.45) is 0 Å². The van der Waals surface area contributed by atoms with Crippen LogP contribution < -0.4 is 0 Å². The van der Waals surface area contributed by atoms with E-state index in [2.05, 4.69) is 0 Å². The summed E-state index contributed by atoms with van der Waals surface area (Å²) in [5.41, 5.74) is 0. The summed E-state index contributed by atoms with van der Waals surface area (Å²) in [6, 6.07) is 3.78. The van der Waals surface area contributed by atoms with Crippen LogP contribution in [-0.4, -0.2) is 10.5 Å². The van der Waals surface area contributed by atoms with Crippen molar-refractivity contribution < 1.29 is 4.21 Å². The number of thiophene rings is 1. The van der Waals surface area contributed by atoms with Crippen LogP contribution in [0.4, 0.5) is 0 Å². The van der Waals surface area contributed by atoms with Gasteiger partial charge in [0.25, 0.3) is 0 Å². The summed E-state index contributed by atoms with van der Waals surface area (Å²) >= 11 is 1.53. The molecule has 0 aromatic carbocycles. The van der Waals surface area contributed by atoms with Gasteiger partial charge in [-0.25, -0.2) is 0 Å². The fourth-order valence-corrected chi connectivity index (χ4v) is 1.85. The molecule has 1 rings (SSSR count). The molecule has 0 N–H and O–H groups in total. The molecule has 0 saturated heterocycles. The molecule has 0 radical (unpaired) electrons. The lowest BCUT2D eigenvalue weighted by Crippen LogP contribution is -1.78. The minimum absolute atomic E-state index is 0.779. The maximum absolute atomic E-state index is 10.6. The van der Waals surface area contributed by atoms with E-state index < -0.39 is 10.8 Å². The van der Waals surface area contributed by atoms with Crippen LogP contribution in [-0.2, 0) is 10.8 Å². The zero-order valence-electron chi connectivity index (χ0n) is 4.46. The van der Waals surface area contributed by atoms with Crippen LogP contribution in [0, 0.1) is 0 Å². The summed E-state index contributed by atoms with van der Waals surface area (Å²) in [5.74, 6) is 0. The van der Waals surface area contributed by atoms with Crippen molar-refractivity contribution >= 4 is 22.1 Å². The Morgan fingerprint density at radius 1 is 1.75 bits per heavy atom. The predicted octanol–water partition coefficient (Wildman–Crippen LogP) is 1.49. The molecule has 1 nitrogen and oxygen atoms in total. The zero-order chi connectivity index (χ0) is 5.98. The molecule has 0 aliphatic heterocycles. The van der Waals surface area contributed by atoms with E-state index in [1.54, 1.807) is 6.26 Å². The minimum Gasteiger partial charge on any atom is -0.254 e. The zero-order valence-corrected chi connectivity index (χ0v) is 6.09. The summed E-state index contributed by atoms with van der Waals surface area (Å²) in [5, 5.41) is 1.93. The number of rotatable bonds is 1. The summed E-state index contributed by atoms with van der Waals surface area (Å²) in [7, 11) is -0.779. The Morgan fingerprint density at radius 3 is 2.75 bits per heavy atom. The predicted molar refractivity (Wildman–Crippen MR) is 36.7 cm³/mol. The monoisotopic (exact) mass is 146 g/mol. The molecule has 3 heteroatoms. The normalized spacial score (nSPS) is 13.6. The van der Waals surface area contributed by atoms with Gasteiger partial charge in [-0.2, -0.15) is 0 Å². The van der Waals surface area contributed by atoms with Gasteiger partial charge < -0.3 is 0 Å². The minimum atomic E-state index is -0.779. The second-order valence-electron chi connectivity index (χ2n) is 1.39. The molecule has 0 unspecified atom stereocenters. The van der Waals surface area contributed by atoms with Crippen LogP contribution >= 0.6 is 11.3 Å². The molecule has 0 saturated carbocycles. The smallest absolute Gasteiger partial charge is 0.0907 e. The van der Waals surface area contributed by atoms with Gasteiger partial charge in [0.15, 0.2) is 0 Å². The summed E-state index contributed by atoms with van der Waals surface area (Å²) in [6.07, 6.45) is 1.69. The molecule has 1 heterocycles. The molecule has 1 aromatic rings. The summed E-state index contributed by atoms with van der Waals surface area (Å²) < 4.78 is 11.6. The van der Waals surface area contributed by atoms with Crippen molar-refractivity contribution in [1.82, 2.24) is 0 Å². The Bertz CT molecular complexity index is 178. The Hall–Kier alpha value is -0.150. The topological polar surface area (TPSA) is 17.1 Å². The van der Waals surface area contributed by atoms with Crippen molar-refractivity contribution in [3.05, 3.63) is 17.5 Å². The van der Waals surface area contributed by atoms with Crippen molar-refractivity contribution in [2.45, 2.75) is 4.21 Å². The van der Waals surface area contributed by atoms with Crippen LogP contribution in [0.15, 0.2) is 21.7 Å². The second kappa shape index (κ2) is 2.42. The van der Waals surface area contributed by atoms with Gasteiger partial charge in [-0.3, -0.25) is 4.21 Å². The van der Waals surface area contributed by atoms with Crippen LogP contribution in [0.25, 0.3) is 0 Å². The lowest BCUT2D eigenvalue weighted by Gasteiger charge is -1.81. The van der Waals surface area contributed by atoms with E-state index in [-0.39, 0.29) is 0 Å². The molecule has 0 amide bonds. The largest absolute Gasteiger partial charge is 0.254 e. The number of hydrogen-bond donors (Lipinski definition) is 0. The highest BCUT2D eigenvalue weighted by atomic mass is 32.2. The first-order valence-corrected chi connectivity index (χ1v) is 4.61. The summed E-state index contributed by atoms with van der Waals surface area (Å²) in [4.78, 5) is 0. The first-order chi connectivity index (χ1) is 3.80. The van der Waals surface area contributed by atoms with Crippen molar-refractivity contribution in [2.75, 3.05) is 6.26 Å². The van der Waals surface area contributed by atoms with Crippen LogP contribution in [0.1, 0.15) is 0 Å². The second-order valence-corrected chi connectivity index (χ2v) is 3.94. The van der Waals surface area contributed by atoms with Gasteiger partial charge in [-0.15, -0.1) is 11.3 Å². The molecule has 1 aromatic heterocycles.